The summed E-state index contributed by atoms with van der Waals surface area (Å²) in [5.74, 6) is 0. The number of carbonyl (C=O) groups is 1. The van der Waals surface area contributed by atoms with Crippen molar-refractivity contribution < 1.29 is 14.3 Å². The highest BCUT2D eigenvalue weighted by atomic mass is 16.5. The first-order valence-corrected chi connectivity index (χ1v) is 5.63. The minimum absolute atomic E-state index is 0.177. The van der Waals surface area contributed by atoms with E-state index in [0.717, 1.165) is 39.3 Å². The summed E-state index contributed by atoms with van der Waals surface area (Å²) in [5, 5.41) is 5.33. The summed E-state index contributed by atoms with van der Waals surface area (Å²) in [5.41, 5.74) is 0. The predicted molar refractivity (Wildman–Crippen MR) is 60.3 cm³/mol. The molecule has 0 unspecified atom stereocenters. The minimum Gasteiger partial charge on any atom is -0.379 e. The van der Waals surface area contributed by atoms with Crippen LogP contribution in [0.4, 0.5) is 4.79 Å². The maximum atomic E-state index is 11.1. The van der Waals surface area contributed by atoms with Crippen LogP contribution in [0.3, 0.4) is 0 Å². The second kappa shape index (κ2) is 8.32. The molecule has 1 rings (SSSR count). The Hall–Kier alpha value is -0.850. The standard InChI is InChI=1S/C10H21N3O3/c1-15-9-12-10(14)11-3-2-4-13-5-7-16-8-6-13/h2-9H2,1H3,(H2,11,12,14). The molecule has 6 heteroatoms. The molecular weight excluding hydrogens is 210 g/mol. The Balaban J connectivity index is 1.92. The van der Waals surface area contributed by atoms with E-state index in [1.54, 1.807) is 7.11 Å². The van der Waals surface area contributed by atoms with Gasteiger partial charge in [0.2, 0.25) is 0 Å². The Morgan fingerprint density at radius 3 is 2.81 bits per heavy atom. The zero-order valence-corrected chi connectivity index (χ0v) is 9.83. The number of rotatable bonds is 6. The first-order chi connectivity index (χ1) is 7.83. The molecule has 1 heterocycles. The van der Waals surface area contributed by atoms with Crippen LogP contribution >= 0.6 is 0 Å². The molecule has 0 aromatic rings. The van der Waals surface area contributed by atoms with Gasteiger partial charge in [-0.25, -0.2) is 4.79 Å². The summed E-state index contributed by atoms with van der Waals surface area (Å²) in [4.78, 5) is 13.5. The fourth-order valence-electron chi connectivity index (χ4n) is 1.53. The molecule has 16 heavy (non-hydrogen) atoms. The number of urea groups is 1. The van der Waals surface area contributed by atoms with Crippen LogP contribution in [0.5, 0.6) is 0 Å². The molecule has 0 aromatic heterocycles. The molecule has 2 N–H and O–H groups in total. The number of morpholine rings is 1. The Morgan fingerprint density at radius 2 is 2.12 bits per heavy atom. The van der Waals surface area contributed by atoms with Gasteiger partial charge in [-0.05, 0) is 13.0 Å². The highest BCUT2D eigenvalue weighted by molar-refractivity contribution is 5.73. The lowest BCUT2D eigenvalue weighted by Gasteiger charge is -2.26. The van der Waals surface area contributed by atoms with Crippen LogP contribution in [0.15, 0.2) is 0 Å². The Labute approximate surface area is 96.3 Å². The number of hydrogen-bond donors (Lipinski definition) is 2. The lowest BCUT2D eigenvalue weighted by molar-refractivity contribution is 0.0375. The summed E-state index contributed by atoms with van der Waals surface area (Å²) in [6.45, 7) is 5.57. The van der Waals surface area contributed by atoms with Crippen molar-refractivity contribution in [1.82, 2.24) is 15.5 Å². The first-order valence-electron chi connectivity index (χ1n) is 5.63. The van der Waals surface area contributed by atoms with E-state index in [1.165, 1.54) is 0 Å². The molecular formula is C10H21N3O3. The van der Waals surface area contributed by atoms with Crippen molar-refractivity contribution in [3.05, 3.63) is 0 Å². The highest BCUT2D eigenvalue weighted by Gasteiger charge is 2.09. The Kier molecular flexibility index (Phi) is 6.87. The zero-order valence-electron chi connectivity index (χ0n) is 9.83. The quantitative estimate of drug-likeness (QED) is 0.483. The van der Waals surface area contributed by atoms with Crippen molar-refractivity contribution in [2.24, 2.45) is 0 Å². The zero-order chi connectivity index (χ0) is 11.6. The number of nitrogens with zero attached hydrogens (tertiary/aromatic N) is 1. The van der Waals surface area contributed by atoms with Crippen molar-refractivity contribution in [2.75, 3.05) is 53.2 Å². The van der Waals surface area contributed by atoms with E-state index >= 15 is 0 Å². The van der Waals surface area contributed by atoms with Gasteiger partial charge in [0.1, 0.15) is 6.73 Å². The lowest BCUT2D eigenvalue weighted by Crippen LogP contribution is -2.40. The first kappa shape index (κ1) is 13.2. The van der Waals surface area contributed by atoms with E-state index in [2.05, 4.69) is 15.5 Å². The number of methoxy groups -OCH3 is 1. The van der Waals surface area contributed by atoms with E-state index in [0.29, 0.717) is 6.54 Å². The van der Waals surface area contributed by atoms with Gasteiger partial charge in [0, 0.05) is 26.7 Å². The van der Waals surface area contributed by atoms with Crippen LogP contribution in [-0.2, 0) is 9.47 Å². The molecule has 0 radical (unpaired) electrons. The molecule has 0 atom stereocenters. The van der Waals surface area contributed by atoms with Gasteiger partial charge < -0.3 is 20.1 Å². The number of nitrogens with one attached hydrogen (secondary N) is 2. The molecule has 2 amide bonds. The second-order valence-corrected chi connectivity index (χ2v) is 3.67. The van der Waals surface area contributed by atoms with Gasteiger partial charge in [0.05, 0.1) is 13.2 Å². The number of carbonyl (C=O) groups excluding carboxylic acids is 1. The summed E-state index contributed by atoms with van der Waals surface area (Å²) in [6, 6.07) is -0.177. The van der Waals surface area contributed by atoms with Gasteiger partial charge in [0.15, 0.2) is 0 Å². The summed E-state index contributed by atoms with van der Waals surface area (Å²) >= 11 is 0. The average Bonchev–Trinajstić information content (AvgIpc) is 2.33. The number of hydrogen-bond acceptors (Lipinski definition) is 4. The lowest BCUT2D eigenvalue weighted by atomic mass is 10.3. The van der Waals surface area contributed by atoms with Crippen molar-refractivity contribution >= 4 is 6.03 Å². The molecule has 6 nitrogen and oxygen atoms in total. The van der Waals surface area contributed by atoms with Crippen LogP contribution in [0, 0.1) is 0 Å². The molecule has 0 saturated carbocycles. The van der Waals surface area contributed by atoms with Gasteiger partial charge in [0.25, 0.3) is 0 Å². The van der Waals surface area contributed by atoms with Crippen LogP contribution in [0.2, 0.25) is 0 Å². The number of ether oxygens (including phenoxy) is 2. The van der Waals surface area contributed by atoms with E-state index in [9.17, 15) is 4.79 Å². The molecule has 0 spiro atoms. The minimum atomic E-state index is -0.177. The van der Waals surface area contributed by atoms with E-state index in [-0.39, 0.29) is 12.8 Å². The summed E-state index contributed by atoms with van der Waals surface area (Å²) < 4.78 is 9.97. The largest absolute Gasteiger partial charge is 0.379 e. The average molecular weight is 231 g/mol. The molecule has 0 bridgehead atoms. The molecule has 1 fully saturated rings. The predicted octanol–water partition coefficient (Wildman–Crippen LogP) is -0.388. The Bertz CT molecular complexity index is 196. The monoisotopic (exact) mass is 231 g/mol. The maximum Gasteiger partial charge on any atom is 0.316 e. The fourth-order valence-corrected chi connectivity index (χ4v) is 1.53. The van der Waals surface area contributed by atoms with Gasteiger partial charge in [-0.15, -0.1) is 0 Å². The van der Waals surface area contributed by atoms with E-state index < -0.39 is 0 Å². The van der Waals surface area contributed by atoms with Gasteiger partial charge >= 0.3 is 6.03 Å². The summed E-state index contributed by atoms with van der Waals surface area (Å²) in [7, 11) is 1.54. The van der Waals surface area contributed by atoms with Crippen molar-refractivity contribution in [1.29, 1.82) is 0 Å². The van der Waals surface area contributed by atoms with Crippen molar-refractivity contribution in [2.45, 2.75) is 6.42 Å². The molecule has 0 aromatic carbocycles. The topological polar surface area (TPSA) is 62.8 Å². The molecule has 0 aliphatic carbocycles. The highest BCUT2D eigenvalue weighted by Crippen LogP contribution is 1.96. The molecule has 1 aliphatic heterocycles. The third-order valence-corrected chi connectivity index (χ3v) is 2.42. The number of amides is 2. The third-order valence-electron chi connectivity index (χ3n) is 2.42. The normalized spacial score (nSPS) is 17.1. The van der Waals surface area contributed by atoms with Gasteiger partial charge in [-0.1, -0.05) is 0 Å². The smallest absolute Gasteiger partial charge is 0.316 e. The van der Waals surface area contributed by atoms with Crippen molar-refractivity contribution in [3.63, 3.8) is 0 Å². The Morgan fingerprint density at radius 1 is 1.38 bits per heavy atom. The molecule has 1 aliphatic rings. The van der Waals surface area contributed by atoms with Gasteiger partial charge in [-0.2, -0.15) is 0 Å². The van der Waals surface area contributed by atoms with Crippen LogP contribution in [-0.4, -0.2) is 64.2 Å². The molecule has 94 valence electrons. The maximum absolute atomic E-state index is 11.1. The van der Waals surface area contributed by atoms with Crippen LogP contribution in [0.25, 0.3) is 0 Å². The van der Waals surface area contributed by atoms with Gasteiger partial charge in [-0.3, -0.25) is 4.90 Å². The van der Waals surface area contributed by atoms with Crippen molar-refractivity contribution in [3.8, 4) is 0 Å². The molecule has 1 saturated heterocycles. The van der Waals surface area contributed by atoms with E-state index in [4.69, 9.17) is 9.47 Å². The van der Waals surface area contributed by atoms with Crippen LogP contribution in [0.1, 0.15) is 6.42 Å². The van der Waals surface area contributed by atoms with E-state index in [1.807, 2.05) is 0 Å². The SMILES string of the molecule is COCNC(=O)NCCCN1CCOCC1. The summed E-state index contributed by atoms with van der Waals surface area (Å²) in [6.07, 6.45) is 0.959. The van der Waals surface area contributed by atoms with Crippen LogP contribution < -0.4 is 10.6 Å². The third kappa shape index (κ3) is 5.89. The second-order valence-electron chi connectivity index (χ2n) is 3.67. The fraction of sp³-hybridized carbons (Fsp3) is 0.900.